The van der Waals surface area contributed by atoms with Crippen molar-refractivity contribution in [2.75, 3.05) is 6.54 Å². The number of nitrogens with one attached hydrogen (secondary N) is 1. The number of carbonyl (C=O) groups excluding carboxylic acids is 1. The number of carbonyl (C=O) groups is 1. The molecule has 0 bridgehead atoms. The summed E-state index contributed by atoms with van der Waals surface area (Å²) < 4.78 is 0. The molecule has 6 heteroatoms. The van der Waals surface area contributed by atoms with Crippen LogP contribution >= 0.6 is 24.8 Å². The van der Waals surface area contributed by atoms with Crippen molar-refractivity contribution >= 4 is 30.7 Å². The van der Waals surface area contributed by atoms with Gasteiger partial charge in [0, 0.05) is 25.5 Å². The van der Waals surface area contributed by atoms with E-state index in [9.17, 15) is 4.79 Å². The van der Waals surface area contributed by atoms with Gasteiger partial charge in [0.05, 0.1) is 5.41 Å². The molecule has 0 unspecified atom stereocenters. The summed E-state index contributed by atoms with van der Waals surface area (Å²) >= 11 is 0. The van der Waals surface area contributed by atoms with Crippen LogP contribution in [0, 0.1) is 5.41 Å². The summed E-state index contributed by atoms with van der Waals surface area (Å²) in [5.41, 5.74) is 6.30. The van der Waals surface area contributed by atoms with Crippen molar-refractivity contribution in [1.29, 1.82) is 0 Å². The molecule has 110 valence electrons. The van der Waals surface area contributed by atoms with E-state index < -0.39 is 5.41 Å². The second kappa shape index (κ2) is 10.0. The first-order valence-corrected chi connectivity index (χ1v) is 6.05. The van der Waals surface area contributed by atoms with Crippen molar-refractivity contribution in [1.82, 2.24) is 10.3 Å². The van der Waals surface area contributed by atoms with E-state index in [0.717, 1.165) is 18.4 Å². The summed E-state index contributed by atoms with van der Waals surface area (Å²) in [5, 5.41) is 2.93. The van der Waals surface area contributed by atoms with E-state index in [4.69, 9.17) is 5.73 Å². The molecule has 1 aromatic rings. The molecule has 0 aliphatic heterocycles. The van der Waals surface area contributed by atoms with Gasteiger partial charge in [0.2, 0.25) is 5.91 Å². The Kier molecular flexibility index (Phi) is 10.8. The summed E-state index contributed by atoms with van der Waals surface area (Å²) in [6.07, 6.45) is 4.99. The molecule has 1 amide bonds. The number of halogens is 2. The monoisotopic (exact) mass is 307 g/mol. The van der Waals surface area contributed by atoms with Gasteiger partial charge in [-0.25, -0.2) is 0 Å². The highest BCUT2D eigenvalue weighted by molar-refractivity contribution is 5.85. The lowest BCUT2D eigenvalue weighted by Gasteiger charge is -2.28. The van der Waals surface area contributed by atoms with Gasteiger partial charge in [0.15, 0.2) is 0 Å². The highest BCUT2D eigenvalue weighted by Crippen LogP contribution is 2.24. The Bertz CT molecular complexity index is 348. The smallest absolute Gasteiger partial charge is 0.227 e. The summed E-state index contributed by atoms with van der Waals surface area (Å²) in [4.78, 5) is 16.1. The molecule has 0 saturated heterocycles. The topological polar surface area (TPSA) is 68.0 Å². The molecule has 0 fully saturated rings. The highest BCUT2D eigenvalue weighted by atomic mass is 35.5. The molecule has 4 nitrogen and oxygen atoms in total. The summed E-state index contributed by atoms with van der Waals surface area (Å²) in [7, 11) is 0. The fourth-order valence-corrected chi connectivity index (χ4v) is 1.83. The zero-order valence-electron chi connectivity index (χ0n) is 11.4. The number of pyridine rings is 1. The number of amides is 1. The van der Waals surface area contributed by atoms with Gasteiger partial charge in [0.25, 0.3) is 0 Å². The zero-order valence-corrected chi connectivity index (χ0v) is 13.0. The fourth-order valence-electron chi connectivity index (χ4n) is 1.83. The van der Waals surface area contributed by atoms with E-state index in [-0.39, 0.29) is 30.7 Å². The van der Waals surface area contributed by atoms with Crippen LogP contribution in [0.3, 0.4) is 0 Å². The molecule has 1 heterocycles. The van der Waals surface area contributed by atoms with Crippen LogP contribution in [0.25, 0.3) is 0 Å². The average molecular weight is 308 g/mol. The number of nitrogens with zero attached hydrogens (tertiary/aromatic N) is 1. The molecule has 0 atom stereocenters. The van der Waals surface area contributed by atoms with Gasteiger partial charge in [-0.2, -0.15) is 0 Å². The maximum Gasteiger partial charge on any atom is 0.227 e. The molecule has 1 aromatic heterocycles. The Labute approximate surface area is 127 Å². The standard InChI is InChI=1S/C13H21N3O.2ClH/c1-3-13(4-2,10-14)12(17)16-9-11-6-5-7-15-8-11;;/h5-8H,3-4,9-10,14H2,1-2H3,(H,16,17);2*1H. The molecular weight excluding hydrogens is 285 g/mol. The quantitative estimate of drug-likeness (QED) is 0.847. The number of hydrogen-bond acceptors (Lipinski definition) is 3. The van der Waals surface area contributed by atoms with Crippen LogP contribution in [-0.2, 0) is 11.3 Å². The molecule has 0 spiro atoms. The van der Waals surface area contributed by atoms with Crippen molar-refractivity contribution in [3.8, 4) is 0 Å². The van der Waals surface area contributed by atoms with Gasteiger partial charge in [-0.05, 0) is 24.5 Å². The average Bonchev–Trinajstić information content (AvgIpc) is 2.40. The molecule has 19 heavy (non-hydrogen) atoms. The van der Waals surface area contributed by atoms with Gasteiger partial charge in [0.1, 0.15) is 0 Å². The predicted molar refractivity (Wildman–Crippen MR) is 82.6 cm³/mol. The first-order chi connectivity index (χ1) is 8.18. The lowest BCUT2D eigenvalue weighted by molar-refractivity contribution is -0.131. The lowest BCUT2D eigenvalue weighted by atomic mass is 9.81. The van der Waals surface area contributed by atoms with Crippen molar-refractivity contribution in [2.24, 2.45) is 11.1 Å². The Hall–Kier alpha value is -0.840. The Morgan fingerprint density at radius 1 is 1.37 bits per heavy atom. The van der Waals surface area contributed by atoms with Crippen LogP contribution in [-0.4, -0.2) is 17.4 Å². The molecule has 0 aliphatic carbocycles. The lowest BCUT2D eigenvalue weighted by Crippen LogP contribution is -2.45. The van der Waals surface area contributed by atoms with Crippen LogP contribution in [0.2, 0.25) is 0 Å². The summed E-state index contributed by atoms with van der Waals surface area (Å²) in [6, 6.07) is 3.80. The Morgan fingerprint density at radius 3 is 2.42 bits per heavy atom. The van der Waals surface area contributed by atoms with E-state index >= 15 is 0 Å². The van der Waals surface area contributed by atoms with E-state index in [2.05, 4.69) is 10.3 Å². The number of rotatable bonds is 6. The summed E-state index contributed by atoms with van der Waals surface area (Å²) in [6.45, 7) is 4.90. The molecular formula is C13H23Cl2N3O. The van der Waals surface area contributed by atoms with Crippen LogP contribution in [0.1, 0.15) is 32.3 Å². The van der Waals surface area contributed by atoms with Gasteiger partial charge in [-0.3, -0.25) is 9.78 Å². The maximum absolute atomic E-state index is 12.1. The highest BCUT2D eigenvalue weighted by Gasteiger charge is 2.32. The minimum Gasteiger partial charge on any atom is -0.351 e. The van der Waals surface area contributed by atoms with Crippen LogP contribution in [0.5, 0.6) is 0 Å². The van der Waals surface area contributed by atoms with Crippen LogP contribution in [0.4, 0.5) is 0 Å². The molecule has 0 aliphatic rings. The second-order valence-corrected chi connectivity index (χ2v) is 4.24. The molecule has 0 radical (unpaired) electrons. The number of aromatic nitrogens is 1. The van der Waals surface area contributed by atoms with Crippen molar-refractivity contribution in [2.45, 2.75) is 33.2 Å². The molecule has 0 saturated carbocycles. The van der Waals surface area contributed by atoms with Crippen molar-refractivity contribution in [3.05, 3.63) is 30.1 Å². The second-order valence-electron chi connectivity index (χ2n) is 4.24. The third-order valence-corrected chi connectivity index (χ3v) is 3.40. The molecule has 1 rings (SSSR count). The van der Waals surface area contributed by atoms with Crippen molar-refractivity contribution in [3.63, 3.8) is 0 Å². The normalized spacial score (nSPS) is 10.1. The molecule has 3 N–H and O–H groups in total. The van der Waals surface area contributed by atoms with Gasteiger partial charge in [-0.15, -0.1) is 24.8 Å². The fraction of sp³-hybridized carbons (Fsp3) is 0.538. The van der Waals surface area contributed by atoms with Gasteiger partial charge in [-0.1, -0.05) is 19.9 Å². The minimum absolute atomic E-state index is 0. The van der Waals surface area contributed by atoms with E-state index in [1.165, 1.54) is 0 Å². The first kappa shape index (κ1) is 20.5. The van der Waals surface area contributed by atoms with Crippen LogP contribution < -0.4 is 11.1 Å². The Morgan fingerprint density at radius 2 is 2.00 bits per heavy atom. The Balaban J connectivity index is 0. The molecule has 0 aromatic carbocycles. The number of nitrogens with two attached hydrogens (primary N) is 1. The SMILES string of the molecule is CCC(CC)(CN)C(=O)NCc1cccnc1.Cl.Cl. The van der Waals surface area contributed by atoms with E-state index in [1.54, 1.807) is 12.4 Å². The number of hydrogen-bond donors (Lipinski definition) is 2. The van der Waals surface area contributed by atoms with E-state index in [1.807, 2.05) is 26.0 Å². The van der Waals surface area contributed by atoms with Gasteiger partial charge >= 0.3 is 0 Å². The van der Waals surface area contributed by atoms with E-state index in [0.29, 0.717) is 13.1 Å². The third kappa shape index (κ3) is 5.35. The summed E-state index contributed by atoms with van der Waals surface area (Å²) in [5.74, 6) is 0.0360. The van der Waals surface area contributed by atoms with Crippen LogP contribution in [0.15, 0.2) is 24.5 Å². The van der Waals surface area contributed by atoms with Crippen molar-refractivity contribution < 1.29 is 4.79 Å². The first-order valence-electron chi connectivity index (χ1n) is 6.05. The third-order valence-electron chi connectivity index (χ3n) is 3.40. The maximum atomic E-state index is 12.1. The largest absolute Gasteiger partial charge is 0.351 e. The minimum atomic E-state index is -0.428. The van der Waals surface area contributed by atoms with Gasteiger partial charge < -0.3 is 11.1 Å². The zero-order chi connectivity index (χ0) is 12.7. The predicted octanol–water partition coefficient (Wildman–Crippen LogP) is 2.31.